The molecule has 0 aliphatic carbocycles. The average molecular weight is 348 g/mol. The molecular weight excluding hydrogens is 323 g/mol. The molecule has 134 valence electrons. The quantitative estimate of drug-likeness (QED) is 0.623. The van der Waals surface area contributed by atoms with Gasteiger partial charge in [0.25, 0.3) is 0 Å². The normalized spacial score (nSPS) is 15.9. The van der Waals surface area contributed by atoms with Crippen molar-refractivity contribution in [1.82, 2.24) is 9.47 Å². The highest BCUT2D eigenvalue weighted by molar-refractivity contribution is 5.90. The Hall–Kier alpha value is -2.39. The van der Waals surface area contributed by atoms with Crippen LogP contribution in [0.3, 0.4) is 0 Å². The SMILES string of the molecule is CC(=Cn1c2c(c3cc(C)ccc31)CCN(C)CC2)c1cccc(F)c1. The summed E-state index contributed by atoms with van der Waals surface area (Å²) in [4.78, 5) is 2.40. The van der Waals surface area contributed by atoms with Crippen molar-refractivity contribution in [1.29, 1.82) is 0 Å². The second-order valence-electron chi connectivity index (χ2n) is 7.44. The van der Waals surface area contributed by atoms with E-state index in [2.05, 4.69) is 54.8 Å². The Kier molecular flexibility index (Phi) is 4.41. The molecule has 2 aromatic carbocycles. The van der Waals surface area contributed by atoms with Crippen LogP contribution in [0.25, 0.3) is 22.7 Å². The Morgan fingerprint density at radius 3 is 2.69 bits per heavy atom. The number of nitrogens with zero attached hydrogens (tertiary/aromatic N) is 2. The van der Waals surface area contributed by atoms with Crippen molar-refractivity contribution in [2.45, 2.75) is 26.7 Å². The molecule has 0 saturated carbocycles. The van der Waals surface area contributed by atoms with Crippen LogP contribution < -0.4 is 0 Å². The molecule has 0 atom stereocenters. The number of aryl methyl sites for hydroxylation is 1. The van der Waals surface area contributed by atoms with E-state index < -0.39 is 0 Å². The lowest BCUT2D eigenvalue weighted by Crippen LogP contribution is -2.21. The van der Waals surface area contributed by atoms with E-state index in [0.717, 1.165) is 37.1 Å². The van der Waals surface area contributed by atoms with Crippen molar-refractivity contribution in [2.24, 2.45) is 0 Å². The van der Waals surface area contributed by atoms with E-state index in [1.807, 2.05) is 6.07 Å². The molecule has 26 heavy (non-hydrogen) atoms. The summed E-state index contributed by atoms with van der Waals surface area (Å²) in [6.07, 6.45) is 4.29. The molecule has 2 nitrogen and oxygen atoms in total. The largest absolute Gasteiger partial charge is 0.320 e. The maximum Gasteiger partial charge on any atom is 0.123 e. The third-order valence-corrected chi connectivity index (χ3v) is 5.45. The van der Waals surface area contributed by atoms with E-state index in [4.69, 9.17) is 0 Å². The molecule has 3 heteroatoms. The van der Waals surface area contributed by atoms with Crippen LogP contribution >= 0.6 is 0 Å². The van der Waals surface area contributed by atoms with Crippen LogP contribution in [-0.2, 0) is 12.8 Å². The fraction of sp³-hybridized carbons (Fsp3) is 0.304. The van der Waals surface area contributed by atoms with Crippen molar-refractivity contribution >= 4 is 22.7 Å². The summed E-state index contributed by atoms with van der Waals surface area (Å²) in [5, 5.41) is 1.36. The first-order valence-corrected chi connectivity index (χ1v) is 9.28. The van der Waals surface area contributed by atoms with Gasteiger partial charge in [0.1, 0.15) is 5.82 Å². The van der Waals surface area contributed by atoms with Crippen LogP contribution in [0.2, 0.25) is 0 Å². The maximum absolute atomic E-state index is 13.6. The first-order valence-electron chi connectivity index (χ1n) is 9.28. The zero-order valence-corrected chi connectivity index (χ0v) is 15.7. The second-order valence-corrected chi connectivity index (χ2v) is 7.44. The zero-order chi connectivity index (χ0) is 18.3. The molecule has 0 amide bonds. The molecular formula is C23H25FN2. The second kappa shape index (κ2) is 6.73. The smallest absolute Gasteiger partial charge is 0.123 e. The van der Waals surface area contributed by atoms with Crippen molar-refractivity contribution in [3.8, 4) is 0 Å². The van der Waals surface area contributed by atoms with Gasteiger partial charge in [-0.1, -0.05) is 23.8 Å². The van der Waals surface area contributed by atoms with Crippen molar-refractivity contribution < 1.29 is 4.39 Å². The van der Waals surface area contributed by atoms with E-state index in [9.17, 15) is 4.39 Å². The fourth-order valence-electron chi connectivity index (χ4n) is 3.96. The van der Waals surface area contributed by atoms with Gasteiger partial charge in [-0.3, -0.25) is 0 Å². The van der Waals surface area contributed by atoms with E-state index in [-0.39, 0.29) is 5.82 Å². The Balaban J connectivity index is 1.90. The predicted octanol–water partition coefficient (Wildman–Crippen LogP) is 5.14. The summed E-state index contributed by atoms with van der Waals surface area (Å²) in [5.74, 6) is -0.191. The molecule has 3 aromatic rings. The number of allylic oxidation sites excluding steroid dienone is 1. The number of hydrogen-bond acceptors (Lipinski definition) is 1. The Morgan fingerprint density at radius 2 is 1.88 bits per heavy atom. The molecule has 1 aliphatic heterocycles. The Bertz CT molecular complexity index is 997. The summed E-state index contributed by atoms with van der Waals surface area (Å²) < 4.78 is 16.0. The third-order valence-electron chi connectivity index (χ3n) is 5.45. The molecule has 4 rings (SSSR count). The van der Waals surface area contributed by atoms with Crippen LogP contribution in [0.5, 0.6) is 0 Å². The first kappa shape index (κ1) is 17.0. The summed E-state index contributed by atoms with van der Waals surface area (Å²) in [6, 6.07) is 13.5. The van der Waals surface area contributed by atoms with Gasteiger partial charge < -0.3 is 9.47 Å². The summed E-state index contributed by atoms with van der Waals surface area (Å²) in [7, 11) is 2.19. The lowest BCUT2D eigenvalue weighted by molar-refractivity contribution is 0.351. The van der Waals surface area contributed by atoms with Crippen molar-refractivity contribution in [2.75, 3.05) is 20.1 Å². The molecule has 1 aliphatic rings. The van der Waals surface area contributed by atoms with E-state index in [1.54, 1.807) is 12.1 Å². The van der Waals surface area contributed by atoms with Gasteiger partial charge >= 0.3 is 0 Å². The van der Waals surface area contributed by atoms with Gasteiger partial charge in [0, 0.05) is 36.8 Å². The maximum atomic E-state index is 13.6. The number of fused-ring (bicyclic) bond motifs is 3. The highest BCUT2D eigenvalue weighted by Gasteiger charge is 2.20. The van der Waals surface area contributed by atoms with Gasteiger partial charge in [0.15, 0.2) is 0 Å². The van der Waals surface area contributed by atoms with Crippen LogP contribution in [-0.4, -0.2) is 29.6 Å². The topological polar surface area (TPSA) is 8.17 Å². The van der Waals surface area contributed by atoms with Gasteiger partial charge in [0.05, 0.1) is 5.52 Å². The standard InChI is InChI=1S/C23H25FN2/c1-16-7-8-22-21(13-16)20-9-11-25(3)12-10-23(20)26(22)15-17(2)18-5-4-6-19(24)14-18/h4-8,13-15H,9-12H2,1-3H3. The third kappa shape index (κ3) is 3.08. The minimum atomic E-state index is -0.191. The summed E-state index contributed by atoms with van der Waals surface area (Å²) in [5.41, 5.74) is 7.41. The molecule has 0 unspecified atom stereocenters. The number of likely N-dealkylation sites (N-methyl/N-ethyl adjacent to an activating group) is 1. The van der Waals surface area contributed by atoms with Crippen LogP contribution in [0.4, 0.5) is 4.39 Å². The number of halogens is 1. The molecule has 0 saturated heterocycles. The minimum Gasteiger partial charge on any atom is -0.320 e. The number of aromatic nitrogens is 1. The van der Waals surface area contributed by atoms with Crippen molar-refractivity contribution in [3.63, 3.8) is 0 Å². The molecule has 0 N–H and O–H groups in total. The Morgan fingerprint density at radius 1 is 1.08 bits per heavy atom. The number of rotatable bonds is 2. The average Bonchev–Trinajstić information content (AvgIpc) is 2.75. The Labute approximate surface area is 154 Å². The van der Waals surface area contributed by atoms with Gasteiger partial charge in [0.2, 0.25) is 0 Å². The number of benzene rings is 2. The van der Waals surface area contributed by atoms with Crippen LogP contribution in [0.1, 0.15) is 29.3 Å². The molecule has 0 spiro atoms. The zero-order valence-electron chi connectivity index (χ0n) is 15.7. The van der Waals surface area contributed by atoms with E-state index in [0.29, 0.717) is 0 Å². The van der Waals surface area contributed by atoms with Crippen molar-refractivity contribution in [3.05, 3.63) is 70.7 Å². The van der Waals surface area contributed by atoms with E-state index in [1.165, 1.54) is 33.8 Å². The molecule has 0 radical (unpaired) electrons. The number of hydrogen-bond donors (Lipinski definition) is 0. The molecule has 0 bridgehead atoms. The van der Waals surface area contributed by atoms with E-state index >= 15 is 0 Å². The highest BCUT2D eigenvalue weighted by Crippen LogP contribution is 2.31. The monoisotopic (exact) mass is 348 g/mol. The molecule has 0 fully saturated rings. The fourth-order valence-corrected chi connectivity index (χ4v) is 3.96. The predicted molar refractivity (Wildman–Crippen MR) is 108 cm³/mol. The van der Waals surface area contributed by atoms with Gasteiger partial charge in [-0.15, -0.1) is 0 Å². The van der Waals surface area contributed by atoms with Crippen LogP contribution in [0, 0.1) is 12.7 Å². The van der Waals surface area contributed by atoms with Gasteiger partial charge in [-0.05, 0) is 68.3 Å². The van der Waals surface area contributed by atoms with Crippen LogP contribution in [0.15, 0.2) is 42.5 Å². The first-order chi connectivity index (χ1) is 12.5. The highest BCUT2D eigenvalue weighted by atomic mass is 19.1. The summed E-state index contributed by atoms with van der Waals surface area (Å²) >= 11 is 0. The molecule has 1 aromatic heterocycles. The van der Waals surface area contributed by atoms with Gasteiger partial charge in [-0.25, -0.2) is 4.39 Å². The lowest BCUT2D eigenvalue weighted by atomic mass is 10.1. The summed E-state index contributed by atoms with van der Waals surface area (Å²) in [6.45, 7) is 6.37. The lowest BCUT2D eigenvalue weighted by Gasteiger charge is -2.13. The minimum absolute atomic E-state index is 0.191. The molecule has 2 heterocycles. The van der Waals surface area contributed by atoms with Gasteiger partial charge in [-0.2, -0.15) is 0 Å².